The minimum absolute atomic E-state index is 0.0554. The van der Waals surface area contributed by atoms with Crippen LogP contribution in [-0.4, -0.2) is 47.2 Å². The van der Waals surface area contributed by atoms with Crippen LogP contribution in [0.25, 0.3) is 0 Å². The first kappa shape index (κ1) is 16.8. The molecular formula is C19H23N3OS. The van der Waals surface area contributed by atoms with Crippen LogP contribution in [0.5, 0.6) is 0 Å². The molecule has 1 amide bonds. The number of anilines is 1. The van der Waals surface area contributed by atoms with E-state index in [2.05, 4.69) is 41.1 Å². The number of piperazine rings is 1. The maximum Gasteiger partial charge on any atom is 0.235 e. The van der Waals surface area contributed by atoms with Crippen molar-refractivity contribution in [3.8, 4) is 0 Å². The average Bonchev–Trinajstić information content (AvgIpc) is 2.64. The number of rotatable bonds is 4. The molecule has 126 valence electrons. The van der Waals surface area contributed by atoms with Gasteiger partial charge in [0.2, 0.25) is 5.91 Å². The summed E-state index contributed by atoms with van der Waals surface area (Å²) in [6.45, 7) is 7.38. The van der Waals surface area contributed by atoms with Crippen LogP contribution in [0.3, 0.4) is 0 Å². The Bertz CT molecular complexity index is 667. The van der Waals surface area contributed by atoms with Crippen molar-refractivity contribution in [3.63, 3.8) is 0 Å². The lowest BCUT2D eigenvalue weighted by molar-refractivity contribution is -0.130. The van der Waals surface area contributed by atoms with E-state index in [1.165, 1.54) is 11.3 Å². The number of pyridine rings is 1. The summed E-state index contributed by atoms with van der Waals surface area (Å²) < 4.78 is 0. The third-order valence-electron chi connectivity index (χ3n) is 4.30. The highest BCUT2D eigenvalue weighted by molar-refractivity contribution is 8.00. The van der Waals surface area contributed by atoms with Crippen LogP contribution in [0.15, 0.2) is 53.7 Å². The van der Waals surface area contributed by atoms with Gasteiger partial charge in [0.15, 0.2) is 0 Å². The van der Waals surface area contributed by atoms with Crippen molar-refractivity contribution in [2.75, 3.05) is 31.1 Å². The minimum atomic E-state index is -0.0554. The molecule has 0 unspecified atom stereocenters. The standard InChI is InChI=1S/C19H23N3OS/c1-15-3-5-18(6-4-15)24-16(2)19(23)22-13-11-21(12-14-22)17-7-9-20-10-8-17/h3-10,16H,11-14H2,1-2H3/t16-/m0/s1. The lowest BCUT2D eigenvalue weighted by Crippen LogP contribution is -2.50. The van der Waals surface area contributed by atoms with Crippen LogP contribution >= 0.6 is 11.8 Å². The number of thioether (sulfide) groups is 1. The summed E-state index contributed by atoms with van der Waals surface area (Å²) in [5.74, 6) is 0.231. The van der Waals surface area contributed by atoms with Crippen molar-refractivity contribution in [1.29, 1.82) is 0 Å². The molecule has 0 saturated carbocycles. The second-order valence-corrected chi connectivity index (χ2v) is 7.51. The van der Waals surface area contributed by atoms with Gasteiger partial charge < -0.3 is 9.80 Å². The number of benzene rings is 1. The number of aryl methyl sites for hydroxylation is 1. The molecule has 1 aliphatic rings. The molecule has 0 radical (unpaired) electrons. The van der Waals surface area contributed by atoms with Crippen molar-refractivity contribution in [2.24, 2.45) is 0 Å². The van der Waals surface area contributed by atoms with Crippen LogP contribution in [0, 0.1) is 6.92 Å². The van der Waals surface area contributed by atoms with E-state index in [1.807, 2.05) is 36.4 Å². The van der Waals surface area contributed by atoms with Gasteiger partial charge in [-0.3, -0.25) is 9.78 Å². The average molecular weight is 341 g/mol. The first-order valence-corrected chi connectivity index (χ1v) is 9.18. The first-order chi connectivity index (χ1) is 11.6. The number of nitrogens with zero attached hydrogens (tertiary/aromatic N) is 3. The Morgan fingerprint density at radius 3 is 2.29 bits per heavy atom. The third-order valence-corrected chi connectivity index (χ3v) is 5.40. The molecule has 2 aromatic rings. The van der Waals surface area contributed by atoms with Crippen molar-refractivity contribution in [1.82, 2.24) is 9.88 Å². The zero-order valence-electron chi connectivity index (χ0n) is 14.2. The summed E-state index contributed by atoms with van der Waals surface area (Å²) in [4.78, 5) is 22.2. The van der Waals surface area contributed by atoms with E-state index in [-0.39, 0.29) is 11.2 Å². The smallest absolute Gasteiger partial charge is 0.235 e. The molecule has 0 aliphatic carbocycles. The van der Waals surface area contributed by atoms with E-state index in [9.17, 15) is 4.79 Å². The molecule has 1 saturated heterocycles. The Balaban J connectivity index is 1.53. The molecular weight excluding hydrogens is 318 g/mol. The van der Waals surface area contributed by atoms with E-state index in [0.717, 1.165) is 31.1 Å². The van der Waals surface area contributed by atoms with Gasteiger partial charge in [0, 0.05) is 49.2 Å². The maximum absolute atomic E-state index is 12.7. The molecule has 4 nitrogen and oxygen atoms in total. The number of carbonyl (C=O) groups is 1. The predicted molar refractivity (Wildman–Crippen MR) is 99.5 cm³/mol. The molecule has 24 heavy (non-hydrogen) atoms. The van der Waals surface area contributed by atoms with E-state index in [1.54, 1.807) is 11.8 Å². The van der Waals surface area contributed by atoms with E-state index in [0.29, 0.717) is 0 Å². The Kier molecular flexibility index (Phi) is 5.41. The molecule has 3 rings (SSSR count). The second kappa shape index (κ2) is 7.71. The minimum Gasteiger partial charge on any atom is -0.368 e. The van der Waals surface area contributed by atoms with Crippen LogP contribution in [0.1, 0.15) is 12.5 Å². The zero-order valence-corrected chi connectivity index (χ0v) is 15.0. The molecule has 1 fully saturated rings. The molecule has 5 heteroatoms. The van der Waals surface area contributed by atoms with Gasteiger partial charge in [0.25, 0.3) is 0 Å². The van der Waals surface area contributed by atoms with Crippen molar-refractivity contribution in [2.45, 2.75) is 24.0 Å². The lowest BCUT2D eigenvalue weighted by Gasteiger charge is -2.37. The van der Waals surface area contributed by atoms with Gasteiger partial charge in [0.05, 0.1) is 5.25 Å². The van der Waals surface area contributed by atoms with Crippen LogP contribution in [0.4, 0.5) is 5.69 Å². The van der Waals surface area contributed by atoms with Crippen LogP contribution in [0.2, 0.25) is 0 Å². The highest BCUT2D eigenvalue weighted by atomic mass is 32.2. The Hall–Kier alpha value is -2.01. The quantitative estimate of drug-likeness (QED) is 0.800. The van der Waals surface area contributed by atoms with E-state index >= 15 is 0 Å². The van der Waals surface area contributed by atoms with Crippen LogP contribution < -0.4 is 4.90 Å². The van der Waals surface area contributed by atoms with Crippen molar-refractivity contribution < 1.29 is 4.79 Å². The SMILES string of the molecule is Cc1ccc(S[C@@H](C)C(=O)N2CCN(c3ccncc3)CC2)cc1. The number of carbonyl (C=O) groups excluding carboxylic acids is 1. The fraction of sp³-hybridized carbons (Fsp3) is 0.368. The fourth-order valence-electron chi connectivity index (χ4n) is 2.87. The normalized spacial score (nSPS) is 16.1. The fourth-order valence-corrected chi connectivity index (χ4v) is 3.82. The molecule has 0 bridgehead atoms. The third kappa shape index (κ3) is 4.09. The molecule has 1 aliphatic heterocycles. The summed E-state index contributed by atoms with van der Waals surface area (Å²) in [5, 5.41) is -0.0554. The number of hydrogen-bond donors (Lipinski definition) is 0. The second-order valence-electron chi connectivity index (χ2n) is 6.09. The predicted octanol–water partition coefficient (Wildman–Crippen LogP) is 3.22. The molecule has 1 aromatic heterocycles. The summed E-state index contributed by atoms with van der Waals surface area (Å²) in [6.07, 6.45) is 3.63. The molecule has 1 aromatic carbocycles. The monoisotopic (exact) mass is 341 g/mol. The van der Waals surface area contributed by atoms with Gasteiger partial charge in [0.1, 0.15) is 0 Å². The Morgan fingerprint density at radius 2 is 1.67 bits per heavy atom. The maximum atomic E-state index is 12.7. The molecule has 0 N–H and O–H groups in total. The first-order valence-electron chi connectivity index (χ1n) is 8.30. The number of hydrogen-bond acceptors (Lipinski definition) is 4. The van der Waals surface area contributed by atoms with Gasteiger partial charge in [-0.05, 0) is 38.1 Å². The van der Waals surface area contributed by atoms with E-state index in [4.69, 9.17) is 0 Å². The topological polar surface area (TPSA) is 36.4 Å². The van der Waals surface area contributed by atoms with Crippen molar-refractivity contribution in [3.05, 3.63) is 54.4 Å². The van der Waals surface area contributed by atoms with Gasteiger partial charge in [-0.25, -0.2) is 0 Å². The Labute approximate surface area is 147 Å². The summed E-state index contributed by atoms with van der Waals surface area (Å²) >= 11 is 1.64. The Morgan fingerprint density at radius 1 is 1.04 bits per heavy atom. The van der Waals surface area contributed by atoms with E-state index < -0.39 is 0 Å². The summed E-state index contributed by atoms with van der Waals surface area (Å²) in [7, 11) is 0. The van der Waals surface area contributed by atoms with Crippen molar-refractivity contribution >= 4 is 23.4 Å². The van der Waals surface area contributed by atoms with Crippen LogP contribution in [-0.2, 0) is 4.79 Å². The number of aromatic nitrogens is 1. The van der Waals surface area contributed by atoms with Gasteiger partial charge in [-0.15, -0.1) is 11.8 Å². The largest absolute Gasteiger partial charge is 0.368 e. The van der Waals surface area contributed by atoms with Gasteiger partial charge in [-0.1, -0.05) is 17.7 Å². The molecule has 1 atom stereocenters. The highest BCUT2D eigenvalue weighted by Gasteiger charge is 2.25. The van der Waals surface area contributed by atoms with Gasteiger partial charge >= 0.3 is 0 Å². The summed E-state index contributed by atoms with van der Waals surface area (Å²) in [5.41, 5.74) is 2.42. The molecule has 0 spiro atoms. The molecule has 2 heterocycles. The zero-order chi connectivity index (χ0) is 16.9. The lowest BCUT2D eigenvalue weighted by atomic mass is 10.2. The highest BCUT2D eigenvalue weighted by Crippen LogP contribution is 2.25. The van der Waals surface area contributed by atoms with Gasteiger partial charge in [-0.2, -0.15) is 0 Å². The number of amides is 1. The summed E-state index contributed by atoms with van der Waals surface area (Å²) in [6, 6.07) is 12.4.